The topological polar surface area (TPSA) is 74.1 Å². The molecule has 1 aliphatic heterocycles. The summed E-state index contributed by atoms with van der Waals surface area (Å²) in [6, 6.07) is 7.71. The van der Waals surface area contributed by atoms with Crippen LogP contribution in [0.15, 0.2) is 18.2 Å². The highest BCUT2D eigenvalue weighted by Gasteiger charge is 2.15. The number of amides is 1. The maximum Gasteiger partial charge on any atom is 0.224 e. The first-order chi connectivity index (χ1) is 9.72. The molecule has 5 heteroatoms. The number of rotatable bonds is 6. The number of ether oxygens (including phenoxy) is 1. The van der Waals surface area contributed by atoms with E-state index >= 15 is 0 Å². The Balaban J connectivity index is 1.88. The maximum atomic E-state index is 11.3. The van der Waals surface area contributed by atoms with Crippen LogP contribution in [0.3, 0.4) is 0 Å². The predicted octanol–water partition coefficient (Wildman–Crippen LogP) is 1.84. The van der Waals surface area contributed by atoms with Crippen LogP contribution in [0.5, 0.6) is 5.75 Å². The number of benzene rings is 1. The minimum absolute atomic E-state index is 0.0636. The Morgan fingerprint density at radius 1 is 1.50 bits per heavy atom. The molecule has 2 N–H and O–H groups in total. The van der Waals surface area contributed by atoms with Gasteiger partial charge in [-0.25, -0.2) is 0 Å². The largest absolute Gasteiger partial charge is 0.493 e. The molecule has 0 spiro atoms. The fourth-order valence-electron chi connectivity index (χ4n) is 2.20. The van der Waals surface area contributed by atoms with Crippen LogP contribution in [0.4, 0.5) is 5.69 Å². The summed E-state index contributed by atoms with van der Waals surface area (Å²) in [6.45, 7) is 3.25. The molecule has 1 atom stereocenters. The SMILES string of the molecule is CCNC(C#N)CCOc1ccc2c(c1)CCC(=O)N2. The minimum atomic E-state index is -0.170. The first kappa shape index (κ1) is 14.4. The van der Waals surface area contributed by atoms with Crippen molar-refractivity contribution in [3.05, 3.63) is 23.8 Å². The third-order valence-electron chi connectivity index (χ3n) is 3.25. The van der Waals surface area contributed by atoms with Crippen molar-refractivity contribution in [2.24, 2.45) is 0 Å². The van der Waals surface area contributed by atoms with Crippen molar-refractivity contribution >= 4 is 11.6 Å². The zero-order valence-corrected chi connectivity index (χ0v) is 11.6. The standard InChI is InChI=1S/C15H19N3O2/c1-2-17-12(10-16)7-8-20-13-4-5-14-11(9-13)3-6-15(19)18-14/h4-5,9,12,17H,2-3,6-8H2,1H3,(H,18,19). The number of nitrogens with one attached hydrogen (secondary N) is 2. The summed E-state index contributed by atoms with van der Waals surface area (Å²) in [5, 5.41) is 14.9. The molecule has 0 saturated carbocycles. The molecule has 1 heterocycles. The van der Waals surface area contributed by atoms with Gasteiger partial charge in [-0.3, -0.25) is 4.79 Å². The van der Waals surface area contributed by atoms with Crippen LogP contribution < -0.4 is 15.4 Å². The minimum Gasteiger partial charge on any atom is -0.493 e. The Hall–Kier alpha value is -2.06. The Bertz CT molecular complexity index is 522. The molecule has 0 fully saturated rings. The molecule has 0 aliphatic carbocycles. The average molecular weight is 273 g/mol. The van der Waals surface area contributed by atoms with E-state index < -0.39 is 0 Å². The van der Waals surface area contributed by atoms with Gasteiger partial charge < -0.3 is 15.4 Å². The summed E-state index contributed by atoms with van der Waals surface area (Å²) in [4.78, 5) is 11.3. The van der Waals surface area contributed by atoms with Crippen molar-refractivity contribution in [1.29, 1.82) is 5.26 Å². The lowest BCUT2D eigenvalue weighted by Gasteiger charge is -2.18. The first-order valence-corrected chi connectivity index (χ1v) is 6.91. The monoisotopic (exact) mass is 273 g/mol. The highest BCUT2D eigenvalue weighted by atomic mass is 16.5. The molecule has 0 bridgehead atoms. The smallest absolute Gasteiger partial charge is 0.224 e. The van der Waals surface area contributed by atoms with Gasteiger partial charge in [0.25, 0.3) is 0 Å². The highest BCUT2D eigenvalue weighted by molar-refractivity contribution is 5.93. The van der Waals surface area contributed by atoms with E-state index in [-0.39, 0.29) is 11.9 Å². The van der Waals surface area contributed by atoms with Crippen molar-refractivity contribution < 1.29 is 9.53 Å². The van der Waals surface area contributed by atoms with Crippen molar-refractivity contribution in [2.75, 3.05) is 18.5 Å². The summed E-state index contributed by atoms with van der Waals surface area (Å²) in [5.41, 5.74) is 1.97. The van der Waals surface area contributed by atoms with Crippen LogP contribution in [0.25, 0.3) is 0 Å². The Labute approximate surface area is 118 Å². The lowest BCUT2D eigenvalue weighted by molar-refractivity contribution is -0.116. The van der Waals surface area contributed by atoms with Gasteiger partial charge in [0.2, 0.25) is 5.91 Å². The van der Waals surface area contributed by atoms with Gasteiger partial charge in [0.05, 0.1) is 18.7 Å². The predicted molar refractivity (Wildman–Crippen MR) is 76.6 cm³/mol. The number of hydrogen-bond acceptors (Lipinski definition) is 4. The number of carbonyl (C=O) groups excluding carboxylic acids is 1. The van der Waals surface area contributed by atoms with Gasteiger partial charge in [0.15, 0.2) is 0 Å². The Morgan fingerprint density at radius 3 is 3.10 bits per heavy atom. The number of fused-ring (bicyclic) bond motifs is 1. The second-order valence-electron chi connectivity index (χ2n) is 4.74. The number of anilines is 1. The summed E-state index contributed by atoms with van der Waals surface area (Å²) in [7, 11) is 0. The lowest BCUT2D eigenvalue weighted by Crippen LogP contribution is -2.28. The zero-order valence-electron chi connectivity index (χ0n) is 11.6. The van der Waals surface area contributed by atoms with Gasteiger partial charge in [0.1, 0.15) is 5.75 Å². The number of nitrogens with zero attached hydrogens (tertiary/aromatic N) is 1. The van der Waals surface area contributed by atoms with Gasteiger partial charge in [0, 0.05) is 18.5 Å². The molecule has 1 aliphatic rings. The first-order valence-electron chi connectivity index (χ1n) is 6.91. The molecule has 1 aromatic rings. The third-order valence-corrected chi connectivity index (χ3v) is 3.25. The Morgan fingerprint density at radius 2 is 2.35 bits per heavy atom. The molecule has 0 aromatic heterocycles. The summed E-state index contributed by atoms with van der Waals surface area (Å²) >= 11 is 0. The van der Waals surface area contributed by atoms with Crippen molar-refractivity contribution in [1.82, 2.24) is 5.32 Å². The van der Waals surface area contributed by atoms with Crippen LogP contribution >= 0.6 is 0 Å². The Kier molecular flexibility index (Phi) is 4.97. The van der Waals surface area contributed by atoms with E-state index in [0.29, 0.717) is 19.4 Å². The summed E-state index contributed by atoms with van der Waals surface area (Å²) in [5.74, 6) is 0.849. The van der Waals surface area contributed by atoms with E-state index in [1.165, 1.54) is 0 Å². The second kappa shape index (κ2) is 6.92. The normalized spacial score (nSPS) is 14.9. The van der Waals surface area contributed by atoms with E-state index in [1.807, 2.05) is 25.1 Å². The third kappa shape index (κ3) is 3.72. The van der Waals surface area contributed by atoms with Gasteiger partial charge >= 0.3 is 0 Å². The van der Waals surface area contributed by atoms with Crippen LogP contribution in [0.1, 0.15) is 25.3 Å². The molecular weight excluding hydrogens is 254 g/mol. The van der Waals surface area contributed by atoms with Crippen LogP contribution in [-0.2, 0) is 11.2 Å². The molecule has 1 unspecified atom stereocenters. The highest BCUT2D eigenvalue weighted by Crippen LogP contribution is 2.26. The van der Waals surface area contributed by atoms with Gasteiger partial charge in [-0.1, -0.05) is 6.92 Å². The number of nitriles is 1. The molecule has 2 rings (SSSR count). The van der Waals surface area contributed by atoms with Crippen LogP contribution in [-0.4, -0.2) is 25.1 Å². The fraction of sp³-hybridized carbons (Fsp3) is 0.467. The molecular formula is C15H19N3O2. The van der Waals surface area contributed by atoms with E-state index in [9.17, 15) is 4.79 Å². The van der Waals surface area contributed by atoms with Gasteiger partial charge in [-0.05, 0) is 36.7 Å². The van der Waals surface area contributed by atoms with Crippen molar-refractivity contribution in [2.45, 2.75) is 32.2 Å². The fourth-order valence-corrected chi connectivity index (χ4v) is 2.20. The molecule has 106 valence electrons. The van der Waals surface area contributed by atoms with E-state index in [0.717, 1.165) is 30.0 Å². The molecule has 0 saturated heterocycles. The summed E-state index contributed by atoms with van der Waals surface area (Å²) in [6.07, 6.45) is 1.92. The van der Waals surface area contributed by atoms with E-state index in [2.05, 4.69) is 16.7 Å². The van der Waals surface area contributed by atoms with Crippen molar-refractivity contribution in [3.8, 4) is 11.8 Å². The van der Waals surface area contributed by atoms with Gasteiger partial charge in [-0.15, -0.1) is 0 Å². The van der Waals surface area contributed by atoms with Gasteiger partial charge in [-0.2, -0.15) is 5.26 Å². The van der Waals surface area contributed by atoms with Crippen molar-refractivity contribution in [3.63, 3.8) is 0 Å². The molecule has 1 aromatic carbocycles. The van der Waals surface area contributed by atoms with E-state index in [4.69, 9.17) is 10.00 Å². The summed E-state index contributed by atoms with van der Waals surface area (Å²) < 4.78 is 5.67. The quantitative estimate of drug-likeness (QED) is 0.829. The van der Waals surface area contributed by atoms with E-state index in [1.54, 1.807) is 0 Å². The molecule has 1 amide bonds. The zero-order chi connectivity index (χ0) is 14.4. The molecule has 5 nitrogen and oxygen atoms in total. The molecule has 0 radical (unpaired) electrons. The second-order valence-corrected chi connectivity index (χ2v) is 4.74. The maximum absolute atomic E-state index is 11.3. The van der Waals surface area contributed by atoms with Crippen LogP contribution in [0.2, 0.25) is 0 Å². The number of aryl methyl sites for hydroxylation is 1. The lowest BCUT2D eigenvalue weighted by atomic mass is 10.0. The number of carbonyl (C=O) groups is 1. The molecule has 20 heavy (non-hydrogen) atoms. The average Bonchev–Trinajstić information content (AvgIpc) is 2.46. The number of hydrogen-bond donors (Lipinski definition) is 2. The van der Waals surface area contributed by atoms with Crippen LogP contribution in [0, 0.1) is 11.3 Å².